The fourth-order valence-corrected chi connectivity index (χ4v) is 5.77. The van der Waals surface area contributed by atoms with Crippen molar-refractivity contribution in [3.8, 4) is 0 Å². The summed E-state index contributed by atoms with van der Waals surface area (Å²) in [4.78, 5) is 35.3. The van der Waals surface area contributed by atoms with E-state index in [-0.39, 0.29) is 32.2 Å². The van der Waals surface area contributed by atoms with E-state index in [0.717, 1.165) is 70.6 Å². The number of nitrogens with zero attached hydrogens (tertiary/aromatic N) is 1. The zero-order valence-electron chi connectivity index (χ0n) is 36.1. The third-order valence-electron chi connectivity index (χ3n) is 8.47. The number of aliphatic hydroxyl groups is 1. The number of carbonyl (C=O) groups is 2. The second-order valence-corrected chi connectivity index (χ2v) is 16.6. The van der Waals surface area contributed by atoms with Gasteiger partial charge in [0, 0.05) is 12.8 Å². The number of quaternary nitrogens is 1. The molecule has 0 heterocycles. The number of hydrogen-bond donors (Lipinski definition) is 2. The summed E-state index contributed by atoms with van der Waals surface area (Å²) in [5, 5.41) is 9.82. The zero-order chi connectivity index (χ0) is 42.3. The van der Waals surface area contributed by atoms with Gasteiger partial charge in [-0.2, -0.15) is 0 Å². The summed E-state index contributed by atoms with van der Waals surface area (Å²) < 4.78 is 34.1. The lowest BCUT2D eigenvalue weighted by atomic mass is 10.1. The van der Waals surface area contributed by atoms with Gasteiger partial charge in [-0.25, -0.2) is 4.57 Å². The molecule has 3 atom stereocenters. The quantitative estimate of drug-likeness (QED) is 0.0207. The molecular weight excluding hydrogens is 741 g/mol. The van der Waals surface area contributed by atoms with Crippen molar-refractivity contribution >= 4 is 19.8 Å². The van der Waals surface area contributed by atoms with Gasteiger partial charge in [-0.05, 0) is 83.5 Å². The van der Waals surface area contributed by atoms with Crippen LogP contribution in [0.5, 0.6) is 0 Å². The van der Waals surface area contributed by atoms with Gasteiger partial charge < -0.3 is 24.0 Å². The standard InChI is InChI=1S/C46H78NO9P/c1-6-8-10-11-12-13-14-15-16-17-22-25-28-31-34-38-46(50)56-44(42-55-57(51,52)54-40-39-47(3,4)5)41-53-45(49)37-33-30-27-24-21-19-18-20-23-26-29-32-36-43(48)35-9-7-2/h12-13,15-16,18-19,22-27,32,36,43-44,48H,6-11,14,17,20-21,28-31,33-35,37-42H2,1-5H3/p+1/b13-12-,16-15-,19-18-,25-22-,26-23-,27-24-,36-32-/t43-,44+/m0/s1. The van der Waals surface area contributed by atoms with Crippen molar-refractivity contribution in [2.75, 3.05) is 47.5 Å². The first-order valence-corrected chi connectivity index (χ1v) is 22.9. The molecule has 0 radical (unpaired) electrons. The highest BCUT2D eigenvalue weighted by atomic mass is 31.2. The van der Waals surface area contributed by atoms with Gasteiger partial charge in [0.05, 0.1) is 33.9 Å². The second kappa shape index (κ2) is 37.4. The molecule has 11 heteroatoms. The van der Waals surface area contributed by atoms with E-state index in [1.165, 1.54) is 19.3 Å². The lowest BCUT2D eigenvalue weighted by molar-refractivity contribution is -0.870. The normalized spacial score (nSPS) is 15.0. The number of esters is 2. The zero-order valence-corrected chi connectivity index (χ0v) is 37.0. The minimum absolute atomic E-state index is 0.00443. The van der Waals surface area contributed by atoms with Crippen molar-refractivity contribution in [3.05, 3.63) is 85.1 Å². The minimum Gasteiger partial charge on any atom is -0.462 e. The highest BCUT2D eigenvalue weighted by molar-refractivity contribution is 7.47. The first-order chi connectivity index (χ1) is 27.4. The number of phosphoric acid groups is 1. The van der Waals surface area contributed by atoms with Crippen molar-refractivity contribution in [2.45, 2.75) is 148 Å². The van der Waals surface area contributed by atoms with E-state index in [1.54, 1.807) is 0 Å². The first kappa shape index (κ1) is 54.2. The van der Waals surface area contributed by atoms with Crippen molar-refractivity contribution in [2.24, 2.45) is 0 Å². The Morgan fingerprint density at radius 1 is 0.614 bits per heavy atom. The van der Waals surface area contributed by atoms with Crippen LogP contribution in [0, 0.1) is 0 Å². The number of phosphoric ester groups is 1. The molecule has 0 aromatic heterocycles. The molecule has 0 rings (SSSR count). The van der Waals surface area contributed by atoms with E-state index in [0.29, 0.717) is 30.3 Å². The molecule has 2 N–H and O–H groups in total. The number of allylic oxidation sites excluding steroid dienone is 13. The molecule has 0 aromatic rings. The number of hydrogen-bond acceptors (Lipinski definition) is 8. The summed E-state index contributed by atoms with van der Waals surface area (Å²) >= 11 is 0. The van der Waals surface area contributed by atoms with E-state index in [4.69, 9.17) is 18.5 Å². The molecule has 0 fully saturated rings. The smallest absolute Gasteiger partial charge is 0.462 e. The topological polar surface area (TPSA) is 129 Å². The van der Waals surface area contributed by atoms with Crippen molar-refractivity contribution in [3.63, 3.8) is 0 Å². The molecule has 1 unspecified atom stereocenters. The highest BCUT2D eigenvalue weighted by Gasteiger charge is 2.27. The van der Waals surface area contributed by atoms with Crippen molar-refractivity contribution in [1.82, 2.24) is 0 Å². The Kier molecular flexibility index (Phi) is 35.6. The van der Waals surface area contributed by atoms with E-state index >= 15 is 0 Å². The Morgan fingerprint density at radius 2 is 1.11 bits per heavy atom. The van der Waals surface area contributed by atoms with Gasteiger partial charge in [0.2, 0.25) is 0 Å². The molecule has 0 amide bonds. The monoisotopic (exact) mass is 821 g/mol. The van der Waals surface area contributed by atoms with Crippen LogP contribution in [0.4, 0.5) is 0 Å². The molecule has 10 nitrogen and oxygen atoms in total. The van der Waals surface area contributed by atoms with Crippen LogP contribution >= 0.6 is 7.82 Å². The van der Waals surface area contributed by atoms with Crippen LogP contribution < -0.4 is 0 Å². The Bertz CT molecular complexity index is 1260. The molecule has 0 bridgehead atoms. The number of likely N-dealkylation sites (N-methyl/N-ethyl adjacent to an activating group) is 1. The number of aliphatic hydroxyl groups excluding tert-OH is 1. The lowest BCUT2D eigenvalue weighted by Crippen LogP contribution is -2.37. The number of carbonyl (C=O) groups excluding carboxylic acids is 2. The van der Waals surface area contributed by atoms with E-state index in [2.05, 4.69) is 80.7 Å². The van der Waals surface area contributed by atoms with Gasteiger partial charge in [0.25, 0.3) is 0 Å². The third kappa shape index (κ3) is 41.1. The third-order valence-corrected chi connectivity index (χ3v) is 9.45. The molecule has 326 valence electrons. The molecule has 57 heavy (non-hydrogen) atoms. The minimum atomic E-state index is -4.41. The maximum atomic E-state index is 12.7. The average Bonchev–Trinajstić information content (AvgIpc) is 3.16. The largest absolute Gasteiger partial charge is 0.472 e. The van der Waals surface area contributed by atoms with Crippen molar-refractivity contribution < 1.29 is 47.2 Å². The molecule has 0 aliphatic heterocycles. The van der Waals surface area contributed by atoms with Crippen LogP contribution in [0.2, 0.25) is 0 Å². The Morgan fingerprint density at radius 3 is 1.65 bits per heavy atom. The van der Waals surface area contributed by atoms with Gasteiger partial charge in [-0.1, -0.05) is 125 Å². The molecule has 0 aliphatic rings. The number of unbranched alkanes of at least 4 members (excludes halogenated alkanes) is 7. The van der Waals surface area contributed by atoms with Crippen LogP contribution in [0.25, 0.3) is 0 Å². The summed E-state index contributed by atoms with van der Waals surface area (Å²) in [6.07, 6.45) is 44.1. The van der Waals surface area contributed by atoms with E-state index in [9.17, 15) is 24.2 Å². The predicted octanol–water partition coefficient (Wildman–Crippen LogP) is 11.0. The fourth-order valence-electron chi connectivity index (χ4n) is 5.03. The van der Waals surface area contributed by atoms with Gasteiger partial charge in [-0.15, -0.1) is 0 Å². The lowest BCUT2D eigenvalue weighted by Gasteiger charge is -2.24. The predicted molar refractivity (Wildman–Crippen MR) is 235 cm³/mol. The van der Waals surface area contributed by atoms with Crippen LogP contribution in [0.1, 0.15) is 136 Å². The van der Waals surface area contributed by atoms with Crippen LogP contribution in [0.3, 0.4) is 0 Å². The van der Waals surface area contributed by atoms with Gasteiger partial charge in [0.15, 0.2) is 6.10 Å². The molecule has 0 saturated carbocycles. The van der Waals surface area contributed by atoms with E-state index < -0.39 is 32.5 Å². The number of rotatable bonds is 37. The van der Waals surface area contributed by atoms with Crippen LogP contribution in [-0.4, -0.2) is 86.1 Å². The SMILES string of the molecule is CCCCC/C=C\C/C=C\C/C=C\CCCCC(=O)O[C@H](COC(=O)CCC/C=C\C/C=C\C/C=C\C/C=C\[C@@H](O)CCCC)COP(=O)(O)OCC[N+](C)(C)C. The summed E-state index contributed by atoms with van der Waals surface area (Å²) in [7, 11) is 1.38. The Labute approximate surface area is 346 Å². The summed E-state index contributed by atoms with van der Waals surface area (Å²) in [6, 6.07) is 0. The van der Waals surface area contributed by atoms with E-state index in [1.807, 2.05) is 39.4 Å². The summed E-state index contributed by atoms with van der Waals surface area (Å²) in [5.41, 5.74) is 0. The second-order valence-electron chi connectivity index (χ2n) is 15.2. The summed E-state index contributed by atoms with van der Waals surface area (Å²) in [6.45, 7) is 4.08. The average molecular weight is 821 g/mol. The van der Waals surface area contributed by atoms with Gasteiger partial charge in [0.1, 0.15) is 19.8 Å². The van der Waals surface area contributed by atoms with Gasteiger partial charge in [-0.3, -0.25) is 18.6 Å². The first-order valence-electron chi connectivity index (χ1n) is 21.4. The fraction of sp³-hybridized carbons (Fsp3) is 0.652. The molecule has 0 saturated heterocycles. The molecule has 0 aliphatic carbocycles. The maximum Gasteiger partial charge on any atom is 0.472 e. The molecule has 0 aromatic carbocycles. The highest BCUT2D eigenvalue weighted by Crippen LogP contribution is 2.43. The van der Waals surface area contributed by atoms with Crippen LogP contribution in [0.15, 0.2) is 85.1 Å². The van der Waals surface area contributed by atoms with Crippen molar-refractivity contribution in [1.29, 1.82) is 0 Å². The maximum absolute atomic E-state index is 12.7. The van der Waals surface area contributed by atoms with Crippen LogP contribution in [-0.2, 0) is 32.7 Å². The van der Waals surface area contributed by atoms with Gasteiger partial charge >= 0.3 is 19.8 Å². The molecular formula is C46H79NO9P+. The Hall–Kier alpha value is -2.85. The Balaban J connectivity index is 4.58. The number of ether oxygens (including phenoxy) is 2. The molecule has 0 spiro atoms. The summed E-state index contributed by atoms with van der Waals surface area (Å²) in [5.74, 6) is -0.942.